The van der Waals surface area contributed by atoms with Gasteiger partial charge in [0.15, 0.2) is 0 Å². The van der Waals surface area contributed by atoms with Gasteiger partial charge >= 0.3 is 0 Å². The van der Waals surface area contributed by atoms with Crippen molar-refractivity contribution in [3.05, 3.63) is 65.7 Å². The molecule has 0 aromatic heterocycles. The molecule has 2 aromatic carbocycles. The molecular formula is C21H26N2O3. The summed E-state index contributed by atoms with van der Waals surface area (Å²) in [6, 6.07) is 17.5. The second kappa shape index (κ2) is 9.36. The van der Waals surface area contributed by atoms with Crippen molar-refractivity contribution in [3.8, 4) is 5.75 Å². The number of methoxy groups -OCH3 is 1. The summed E-state index contributed by atoms with van der Waals surface area (Å²) in [6.07, 6.45) is 1.05. The minimum Gasteiger partial charge on any atom is -0.497 e. The summed E-state index contributed by atoms with van der Waals surface area (Å²) in [7, 11) is 1.60. The molecule has 1 unspecified atom stereocenters. The van der Waals surface area contributed by atoms with Crippen LogP contribution in [0, 0.1) is 0 Å². The van der Waals surface area contributed by atoms with Crippen LogP contribution in [0.3, 0.4) is 0 Å². The Labute approximate surface area is 154 Å². The number of amides is 1. The maximum Gasteiger partial charge on any atom is 0.251 e. The highest BCUT2D eigenvalue weighted by Gasteiger charge is 2.21. The van der Waals surface area contributed by atoms with Crippen LogP contribution in [0.15, 0.2) is 54.6 Å². The third-order valence-corrected chi connectivity index (χ3v) is 4.59. The second-order valence-corrected chi connectivity index (χ2v) is 6.41. The minimum absolute atomic E-state index is 0.0620. The van der Waals surface area contributed by atoms with Gasteiger partial charge in [0.1, 0.15) is 5.75 Å². The SMILES string of the molecule is COc1cccc(C(=O)NCCCN2CCOC(c3ccccc3)C2)c1. The lowest BCUT2D eigenvalue weighted by Crippen LogP contribution is -2.39. The molecule has 0 aliphatic carbocycles. The van der Waals surface area contributed by atoms with Gasteiger partial charge in [-0.1, -0.05) is 36.4 Å². The van der Waals surface area contributed by atoms with E-state index in [0.29, 0.717) is 17.9 Å². The summed E-state index contributed by atoms with van der Waals surface area (Å²) < 4.78 is 11.1. The van der Waals surface area contributed by atoms with Crippen molar-refractivity contribution in [2.75, 3.05) is 39.9 Å². The van der Waals surface area contributed by atoms with Crippen LogP contribution in [0.2, 0.25) is 0 Å². The summed E-state index contributed by atoms with van der Waals surface area (Å²) in [5, 5.41) is 2.98. The minimum atomic E-state index is -0.0620. The van der Waals surface area contributed by atoms with E-state index in [-0.39, 0.29) is 12.0 Å². The van der Waals surface area contributed by atoms with Gasteiger partial charge in [-0.2, -0.15) is 0 Å². The first-order valence-electron chi connectivity index (χ1n) is 9.07. The topological polar surface area (TPSA) is 50.8 Å². The zero-order valence-corrected chi connectivity index (χ0v) is 15.2. The molecule has 0 radical (unpaired) electrons. The molecule has 2 aromatic rings. The molecule has 1 saturated heterocycles. The average molecular weight is 354 g/mol. The number of carbonyl (C=O) groups is 1. The van der Waals surface area contributed by atoms with Gasteiger partial charge in [0.25, 0.3) is 5.91 Å². The Bertz CT molecular complexity index is 705. The third-order valence-electron chi connectivity index (χ3n) is 4.59. The van der Waals surface area contributed by atoms with E-state index in [0.717, 1.165) is 32.7 Å². The van der Waals surface area contributed by atoms with Crippen molar-refractivity contribution in [2.45, 2.75) is 12.5 Å². The number of nitrogens with zero attached hydrogens (tertiary/aromatic N) is 1. The monoisotopic (exact) mass is 354 g/mol. The van der Waals surface area contributed by atoms with Crippen molar-refractivity contribution in [1.82, 2.24) is 10.2 Å². The van der Waals surface area contributed by atoms with Crippen LogP contribution in [-0.4, -0.2) is 50.7 Å². The fraction of sp³-hybridized carbons (Fsp3) is 0.381. The number of ether oxygens (including phenoxy) is 2. The number of benzene rings is 2. The van der Waals surface area contributed by atoms with Crippen LogP contribution in [0.1, 0.15) is 28.4 Å². The molecule has 26 heavy (non-hydrogen) atoms. The summed E-state index contributed by atoms with van der Waals surface area (Å²) in [5.74, 6) is 0.631. The smallest absolute Gasteiger partial charge is 0.251 e. The van der Waals surface area contributed by atoms with Crippen molar-refractivity contribution in [1.29, 1.82) is 0 Å². The number of hydrogen-bond acceptors (Lipinski definition) is 4. The van der Waals surface area contributed by atoms with Crippen LogP contribution in [0.25, 0.3) is 0 Å². The van der Waals surface area contributed by atoms with Crippen molar-refractivity contribution in [2.24, 2.45) is 0 Å². The summed E-state index contributed by atoms with van der Waals surface area (Å²) >= 11 is 0. The van der Waals surface area contributed by atoms with Gasteiger partial charge in [-0.15, -0.1) is 0 Å². The highest BCUT2D eigenvalue weighted by atomic mass is 16.5. The molecule has 1 N–H and O–H groups in total. The Morgan fingerprint density at radius 3 is 2.88 bits per heavy atom. The zero-order valence-electron chi connectivity index (χ0n) is 15.2. The predicted octanol–water partition coefficient (Wildman–Crippen LogP) is 2.89. The summed E-state index contributed by atoms with van der Waals surface area (Å²) in [4.78, 5) is 14.6. The maximum atomic E-state index is 12.2. The first-order chi connectivity index (χ1) is 12.8. The Morgan fingerprint density at radius 2 is 2.08 bits per heavy atom. The van der Waals surface area contributed by atoms with E-state index in [1.807, 2.05) is 30.3 Å². The Morgan fingerprint density at radius 1 is 1.23 bits per heavy atom. The van der Waals surface area contributed by atoms with Crippen LogP contribution in [-0.2, 0) is 4.74 Å². The van der Waals surface area contributed by atoms with Crippen LogP contribution in [0.5, 0.6) is 5.75 Å². The van der Waals surface area contributed by atoms with E-state index in [9.17, 15) is 4.79 Å². The van der Waals surface area contributed by atoms with Crippen molar-refractivity contribution in [3.63, 3.8) is 0 Å². The molecule has 5 nitrogen and oxygen atoms in total. The Hall–Kier alpha value is -2.37. The van der Waals surface area contributed by atoms with Crippen LogP contribution < -0.4 is 10.1 Å². The number of nitrogens with one attached hydrogen (secondary N) is 1. The van der Waals surface area contributed by atoms with E-state index in [4.69, 9.17) is 9.47 Å². The molecule has 3 rings (SSSR count). The summed E-state index contributed by atoms with van der Waals surface area (Å²) in [6.45, 7) is 4.19. The lowest BCUT2D eigenvalue weighted by atomic mass is 10.1. The van der Waals surface area contributed by atoms with E-state index < -0.39 is 0 Å². The molecule has 1 amide bonds. The molecule has 1 atom stereocenters. The molecule has 1 aliphatic heterocycles. The molecule has 1 fully saturated rings. The van der Waals surface area contributed by atoms with E-state index >= 15 is 0 Å². The average Bonchev–Trinajstić information content (AvgIpc) is 2.72. The number of rotatable bonds is 7. The van der Waals surface area contributed by atoms with Gasteiger partial charge in [0, 0.05) is 31.7 Å². The standard InChI is InChI=1S/C21H26N2O3/c1-25-19-10-5-9-18(15-19)21(24)22-11-6-12-23-13-14-26-20(16-23)17-7-3-2-4-8-17/h2-5,7-10,15,20H,6,11-14,16H2,1H3,(H,22,24). The molecule has 0 saturated carbocycles. The van der Waals surface area contributed by atoms with Gasteiger partial charge in [-0.25, -0.2) is 0 Å². The van der Waals surface area contributed by atoms with Gasteiger partial charge in [-0.3, -0.25) is 9.69 Å². The molecule has 1 heterocycles. The van der Waals surface area contributed by atoms with Crippen LogP contribution >= 0.6 is 0 Å². The van der Waals surface area contributed by atoms with E-state index in [1.54, 1.807) is 19.2 Å². The normalized spacial score (nSPS) is 17.7. The van der Waals surface area contributed by atoms with Crippen molar-refractivity contribution < 1.29 is 14.3 Å². The molecular weight excluding hydrogens is 328 g/mol. The van der Waals surface area contributed by atoms with Crippen molar-refractivity contribution >= 4 is 5.91 Å². The van der Waals surface area contributed by atoms with E-state index in [1.165, 1.54) is 5.56 Å². The van der Waals surface area contributed by atoms with Gasteiger partial charge < -0.3 is 14.8 Å². The number of hydrogen-bond donors (Lipinski definition) is 1. The van der Waals surface area contributed by atoms with E-state index in [2.05, 4.69) is 22.3 Å². The third kappa shape index (κ3) is 5.07. The fourth-order valence-corrected chi connectivity index (χ4v) is 3.15. The quantitative estimate of drug-likeness (QED) is 0.777. The Balaban J connectivity index is 1.41. The summed E-state index contributed by atoms with van der Waals surface area (Å²) in [5.41, 5.74) is 1.85. The zero-order chi connectivity index (χ0) is 18.2. The molecule has 1 aliphatic rings. The Kier molecular flexibility index (Phi) is 6.63. The molecule has 138 valence electrons. The lowest BCUT2D eigenvalue weighted by Gasteiger charge is -2.33. The predicted molar refractivity (Wildman–Crippen MR) is 102 cm³/mol. The second-order valence-electron chi connectivity index (χ2n) is 6.41. The van der Waals surface area contributed by atoms with Crippen LogP contribution in [0.4, 0.5) is 0 Å². The van der Waals surface area contributed by atoms with Gasteiger partial charge in [0.05, 0.1) is 19.8 Å². The fourth-order valence-electron chi connectivity index (χ4n) is 3.15. The number of morpholine rings is 1. The van der Waals surface area contributed by atoms with Gasteiger partial charge in [0.2, 0.25) is 0 Å². The lowest BCUT2D eigenvalue weighted by molar-refractivity contribution is -0.0301. The number of carbonyl (C=O) groups excluding carboxylic acids is 1. The molecule has 0 bridgehead atoms. The van der Waals surface area contributed by atoms with Gasteiger partial charge in [-0.05, 0) is 30.2 Å². The highest BCUT2D eigenvalue weighted by Crippen LogP contribution is 2.21. The first kappa shape index (κ1) is 18.4. The largest absolute Gasteiger partial charge is 0.497 e. The molecule has 5 heteroatoms. The first-order valence-corrected chi connectivity index (χ1v) is 9.07. The molecule has 0 spiro atoms. The highest BCUT2D eigenvalue weighted by molar-refractivity contribution is 5.94. The maximum absolute atomic E-state index is 12.2.